The zero-order valence-corrected chi connectivity index (χ0v) is 12.4. The van der Waals surface area contributed by atoms with Gasteiger partial charge in [0.1, 0.15) is 6.61 Å². The van der Waals surface area contributed by atoms with E-state index >= 15 is 0 Å². The predicted octanol–water partition coefficient (Wildman–Crippen LogP) is 4.52. The lowest BCUT2D eigenvalue weighted by molar-refractivity contribution is -0.140. The number of unbranched alkanes of at least 4 members (excludes halogenated alkanes) is 4. The van der Waals surface area contributed by atoms with Gasteiger partial charge in [0, 0.05) is 0 Å². The SMILES string of the molecule is CCCCCC[CH]C(=O)OCc1ccc(C)cc1C. The summed E-state index contributed by atoms with van der Waals surface area (Å²) in [5.74, 6) is -0.198. The Bertz CT molecular complexity index is 396. The fourth-order valence-electron chi connectivity index (χ4n) is 2.01. The van der Waals surface area contributed by atoms with Gasteiger partial charge in [0.2, 0.25) is 0 Å². The number of hydrogen-bond donors (Lipinski definition) is 0. The molecule has 105 valence electrons. The number of carbonyl (C=O) groups excluding carboxylic acids is 1. The Hall–Kier alpha value is -1.31. The molecular weight excluding hydrogens is 236 g/mol. The van der Waals surface area contributed by atoms with Crippen LogP contribution in [-0.4, -0.2) is 5.97 Å². The lowest BCUT2D eigenvalue weighted by Gasteiger charge is -2.08. The Kier molecular flexibility index (Phi) is 7.24. The van der Waals surface area contributed by atoms with Crippen molar-refractivity contribution in [1.29, 1.82) is 0 Å². The smallest absolute Gasteiger partial charge is 0.310 e. The Morgan fingerprint density at radius 1 is 1.21 bits per heavy atom. The van der Waals surface area contributed by atoms with Crippen LogP contribution in [0.25, 0.3) is 0 Å². The lowest BCUT2D eigenvalue weighted by atomic mass is 10.1. The summed E-state index contributed by atoms with van der Waals surface area (Å²) in [6.07, 6.45) is 7.22. The van der Waals surface area contributed by atoms with Crippen LogP contribution < -0.4 is 0 Å². The molecule has 1 aromatic rings. The quantitative estimate of drug-likeness (QED) is 0.508. The topological polar surface area (TPSA) is 26.3 Å². The zero-order chi connectivity index (χ0) is 14.1. The highest BCUT2D eigenvalue weighted by Crippen LogP contribution is 2.12. The maximum absolute atomic E-state index is 11.5. The van der Waals surface area contributed by atoms with Crippen molar-refractivity contribution < 1.29 is 9.53 Å². The Morgan fingerprint density at radius 2 is 2.00 bits per heavy atom. The van der Waals surface area contributed by atoms with Crippen molar-refractivity contribution in [2.24, 2.45) is 0 Å². The third kappa shape index (κ3) is 6.42. The van der Waals surface area contributed by atoms with Crippen LogP contribution in [-0.2, 0) is 16.1 Å². The van der Waals surface area contributed by atoms with Gasteiger partial charge < -0.3 is 4.74 Å². The van der Waals surface area contributed by atoms with Crippen LogP contribution in [0.15, 0.2) is 18.2 Å². The van der Waals surface area contributed by atoms with Gasteiger partial charge in [-0.1, -0.05) is 56.4 Å². The number of esters is 1. The van der Waals surface area contributed by atoms with Gasteiger partial charge in [-0.2, -0.15) is 0 Å². The molecule has 19 heavy (non-hydrogen) atoms. The Balaban J connectivity index is 2.22. The van der Waals surface area contributed by atoms with E-state index < -0.39 is 0 Å². The van der Waals surface area contributed by atoms with Gasteiger partial charge in [0.05, 0.1) is 6.42 Å². The molecular formula is C17H25O2. The third-order valence-corrected chi connectivity index (χ3v) is 3.24. The first-order valence-corrected chi connectivity index (χ1v) is 7.19. The molecule has 0 heterocycles. The highest BCUT2D eigenvalue weighted by Gasteiger charge is 2.05. The highest BCUT2D eigenvalue weighted by molar-refractivity contribution is 5.78. The van der Waals surface area contributed by atoms with E-state index in [1.807, 2.05) is 19.1 Å². The van der Waals surface area contributed by atoms with Crippen LogP contribution >= 0.6 is 0 Å². The summed E-state index contributed by atoms with van der Waals surface area (Å²) < 4.78 is 5.26. The zero-order valence-electron chi connectivity index (χ0n) is 12.4. The van der Waals surface area contributed by atoms with Crippen molar-refractivity contribution in [2.45, 2.75) is 59.5 Å². The van der Waals surface area contributed by atoms with E-state index in [0.717, 1.165) is 18.4 Å². The summed E-state index contributed by atoms with van der Waals surface area (Å²) in [6.45, 7) is 6.66. The average molecular weight is 261 g/mol. The minimum absolute atomic E-state index is 0.198. The molecule has 0 N–H and O–H groups in total. The normalized spacial score (nSPS) is 10.5. The average Bonchev–Trinajstić information content (AvgIpc) is 2.37. The standard InChI is InChI=1S/C17H25O2/c1-4-5-6-7-8-9-17(18)19-13-16-11-10-14(2)12-15(16)3/h9-12H,4-8,13H2,1-3H3. The second-order valence-electron chi connectivity index (χ2n) is 5.09. The lowest BCUT2D eigenvalue weighted by Crippen LogP contribution is -2.06. The van der Waals surface area contributed by atoms with Crippen molar-refractivity contribution in [3.63, 3.8) is 0 Å². The third-order valence-electron chi connectivity index (χ3n) is 3.24. The van der Waals surface area contributed by atoms with Gasteiger partial charge in [-0.15, -0.1) is 0 Å². The molecule has 1 radical (unpaired) electrons. The van der Waals surface area contributed by atoms with Crippen molar-refractivity contribution in [1.82, 2.24) is 0 Å². The van der Waals surface area contributed by atoms with Gasteiger partial charge in [-0.3, -0.25) is 4.79 Å². The molecule has 0 aliphatic carbocycles. The molecule has 0 unspecified atom stereocenters. The fraction of sp³-hybridized carbons (Fsp3) is 0.529. The molecule has 0 aliphatic heterocycles. The maximum Gasteiger partial charge on any atom is 0.310 e. The number of carbonyl (C=O) groups is 1. The number of rotatable bonds is 8. The number of aryl methyl sites for hydroxylation is 2. The van der Waals surface area contributed by atoms with E-state index in [-0.39, 0.29) is 5.97 Å². The highest BCUT2D eigenvalue weighted by atomic mass is 16.5. The van der Waals surface area contributed by atoms with E-state index in [4.69, 9.17) is 4.74 Å². The molecule has 1 rings (SSSR count). The first-order chi connectivity index (χ1) is 9.13. The molecule has 0 spiro atoms. The fourth-order valence-corrected chi connectivity index (χ4v) is 2.01. The maximum atomic E-state index is 11.5. The molecule has 0 atom stereocenters. The predicted molar refractivity (Wildman–Crippen MR) is 78.8 cm³/mol. The summed E-state index contributed by atoms with van der Waals surface area (Å²) in [5.41, 5.74) is 3.49. The largest absolute Gasteiger partial charge is 0.461 e. The molecule has 1 aromatic carbocycles. The summed E-state index contributed by atoms with van der Waals surface area (Å²) in [7, 11) is 0. The van der Waals surface area contributed by atoms with Crippen molar-refractivity contribution in [3.05, 3.63) is 41.3 Å². The first kappa shape index (κ1) is 15.7. The van der Waals surface area contributed by atoms with Crippen LogP contribution in [0.3, 0.4) is 0 Å². The second-order valence-corrected chi connectivity index (χ2v) is 5.09. The van der Waals surface area contributed by atoms with Gasteiger partial charge in [0.15, 0.2) is 0 Å². The monoisotopic (exact) mass is 261 g/mol. The van der Waals surface area contributed by atoms with Crippen molar-refractivity contribution in [2.75, 3.05) is 0 Å². The molecule has 0 saturated carbocycles. The molecule has 0 amide bonds. The van der Waals surface area contributed by atoms with Crippen molar-refractivity contribution in [3.8, 4) is 0 Å². The number of benzene rings is 1. The summed E-state index contributed by atoms with van der Waals surface area (Å²) >= 11 is 0. The first-order valence-electron chi connectivity index (χ1n) is 7.19. The Labute approximate surface area is 117 Å². The molecule has 0 aliphatic rings. The van der Waals surface area contributed by atoms with Crippen LogP contribution in [0.4, 0.5) is 0 Å². The van der Waals surface area contributed by atoms with Crippen LogP contribution in [0.1, 0.15) is 55.7 Å². The molecule has 0 fully saturated rings. The summed E-state index contributed by atoms with van der Waals surface area (Å²) in [5, 5.41) is 0. The molecule has 2 nitrogen and oxygen atoms in total. The van der Waals surface area contributed by atoms with E-state index in [1.165, 1.54) is 30.4 Å². The minimum Gasteiger partial charge on any atom is -0.461 e. The molecule has 2 heteroatoms. The number of ether oxygens (including phenoxy) is 1. The molecule has 0 saturated heterocycles. The van der Waals surface area contributed by atoms with Gasteiger partial charge in [0.25, 0.3) is 0 Å². The van der Waals surface area contributed by atoms with E-state index in [0.29, 0.717) is 6.61 Å². The van der Waals surface area contributed by atoms with E-state index in [1.54, 1.807) is 6.42 Å². The second kappa shape index (κ2) is 8.73. The van der Waals surface area contributed by atoms with Crippen LogP contribution in [0, 0.1) is 20.3 Å². The van der Waals surface area contributed by atoms with Crippen molar-refractivity contribution >= 4 is 5.97 Å². The van der Waals surface area contributed by atoms with E-state index in [2.05, 4.69) is 19.9 Å². The van der Waals surface area contributed by atoms with E-state index in [9.17, 15) is 4.79 Å². The summed E-state index contributed by atoms with van der Waals surface area (Å²) in [6, 6.07) is 6.18. The minimum atomic E-state index is -0.198. The van der Waals surface area contributed by atoms with Gasteiger partial charge >= 0.3 is 5.97 Å². The molecule has 0 aromatic heterocycles. The van der Waals surface area contributed by atoms with Gasteiger partial charge in [-0.25, -0.2) is 0 Å². The molecule has 0 bridgehead atoms. The number of hydrogen-bond acceptors (Lipinski definition) is 2. The summed E-state index contributed by atoms with van der Waals surface area (Å²) in [4.78, 5) is 11.5. The van der Waals surface area contributed by atoms with Gasteiger partial charge in [-0.05, 0) is 31.4 Å². The van der Waals surface area contributed by atoms with Crippen LogP contribution in [0.2, 0.25) is 0 Å². The van der Waals surface area contributed by atoms with Crippen LogP contribution in [0.5, 0.6) is 0 Å². The Morgan fingerprint density at radius 3 is 2.68 bits per heavy atom.